The van der Waals surface area contributed by atoms with Gasteiger partial charge in [0.25, 0.3) is 0 Å². The second-order valence-electron chi connectivity index (χ2n) is 9.77. The van der Waals surface area contributed by atoms with Gasteiger partial charge in [-0.2, -0.15) is 39.5 Å². The van der Waals surface area contributed by atoms with Crippen LogP contribution in [0.15, 0.2) is 48.5 Å². The lowest BCUT2D eigenvalue weighted by Gasteiger charge is -2.38. The van der Waals surface area contributed by atoms with Crippen molar-refractivity contribution in [3.8, 4) is 0 Å². The zero-order valence-electron chi connectivity index (χ0n) is 21.0. The van der Waals surface area contributed by atoms with E-state index < -0.39 is 47.3 Å². The molecule has 0 aliphatic heterocycles. The molecule has 0 unspecified atom stereocenters. The van der Waals surface area contributed by atoms with Gasteiger partial charge in [0, 0.05) is 29.7 Å². The van der Waals surface area contributed by atoms with Crippen molar-refractivity contribution in [2.24, 2.45) is 0 Å². The van der Waals surface area contributed by atoms with E-state index in [4.69, 9.17) is 0 Å². The lowest BCUT2D eigenvalue weighted by molar-refractivity contribution is -0.171. The summed E-state index contributed by atoms with van der Waals surface area (Å²) in [4.78, 5) is 17.0. The van der Waals surface area contributed by atoms with Crippen LogP contribution in [0.3, 0.4) is 0 Å². The molecule has 0 atom stereocenters. The number of carbonyl (C=O) groups is 1. The highest BCUT2D eigenvalue weighted by Crippen LogP contribution is 2.41. The molecule has 1 amide bonds. The van der Waals surface area contributed by atoms with Crippen molar-refractivity contribution in [2.75, 3.05) is 4.90 Å². The van der Waals surface area contributed by atoms with E-state index in [1.807, 2.05) is 37.3 Å². The molecule has 0 bridgehead atoms. The Bertz CT molecular complexity index is 1340. The molecule has 1 heterocycles. The van der Waals surface area contributed by atoms with Crippen LogP contribution in [-0.4, -0.2) is 29.2 Å². The van der Waals surface area contributed by atoms with E-state index in [0.29, 0.717) is 6.54 Å². The molecule has 1 aliphatic rings. The number of nitrogens with zero attached hydrogens (tertiary/aromatic N) is 2. The number of benzene rings is 2. The predicted molar refractivity (Wildman–Crippen MR) is 129 cm³/mol. The van der Waals surface area contributed by atoms with Crippen molar-refractivity contribution in [3.63, 3.8) is 0 Å². The first-order valence-corrected chi connectivity index (χ1v) is 12.3. The van der Waals surface area contributed by atoms with Crippen LogP contribution < -0.4 is 10.2 Å². The van der Waals surface area contributed by atoms with E-state index in [2.05, 4.69) is 10.3 Å². The number of amides is 1. The van der Waals surface area contributed by atoms with Gasteiger partial charge in [-0.05, 0) is 68.5 Å². The van der Waals surface area contributed by atoms with Gasteiger partial charge in [-0.15, -0.1) is 0 Å². The molecule has 13 heteroatoms. The Hall–Kier alpha value is -3.35. The predicted octanol–water partition coefficient (Wildman–Crippen LogP) is 7.58. The summed E-state index contributed by atoms with van der Waals surface area (Å²) in [5.74, 6) is -2.52. The second-order valence-corrected chi connectivity index (χ2v) is 9.77. The molecule has 0 saturated heterocycles. The molecule has 3 aromatic rings. The molecule has 0 spiro atoms. The zero-order valence-corrected chi connectivity index (χ0v) is 21.0. The average molecular weight is 577 g/mol. The highest BCUT2D eigenvalue weighted by atomic mass is 19.4. The Kier molecular flexibility index (Phi) is 8.08. The molecule has 1 fully saturated rings. The number of nitrogens with one attached hydrogen (secondary N) is 1. The van der Waals surface area contributed by atoms with Crippen LogP contribution in [0.2, 0.25) is 0 Å². The molecular formula is C27H24F9N3O. The third-order valence-corrected chi connectivity index (χ3v) is 6.92. The monoisotopic (exact) mass is 577 g/mol. The number of aromatic nitrogens is 1. The molecule has 0 radical (unpaired) electrons. The van der Waals surface area contributed by atoms with Crippen LogP contribution in [0.5, 0.6) is 0 Å². The first-order valence-electron chi connectivity index (χ1n) is 12.3. The van der Waals surface area contributed by atoms with Crippen LogP contribution in [0.1, 0.15) is 48.1 Å². The van der Waals surface area contributed by atoms with Crippen LogP contribution in [-0.2, 0) is 23.7 Å². The Morgan fingerprint density at radius 3 is 2.00 bits per heavy atom. The van der Waals surface area contributed by atoms with Gasteiger partial charge < -0.3 is 10.2 Å². The highest BCUT2D eigenvalue weighted by molar-refractivity contribution is 5.98. The molecule has 1 saturated carbocycles. The lowest BCUT2D eigenvalue weighted by atomic mass is 9.89. The summed E-state index contributed by atoms with van der Waals surface area (Å²) < 4.78 is 121. The normalized spacial score (nSPS) is 18.6. The number of carbonyl (C=O) groups excluding carboxylic acids is 1. The maximum absolute atomic E-state index is 13.5. The fourth-order valence-electron chi connectivity index (χ4n) is 5.00. The van der Waals surface area contributed by atoms with Crippen molar-refractivity contribution >= 4 is 22.5 Å². The van der Waals surface area contributed by atoms with Crippen LogP contribution >= 0.6 is 0 Å². The van der Waals surface area contributed by atoms with Crippen molar-refractivity contribution in [2.45, 2.75) is 69.8 Å². The fraction of sp³-hybridized carbons (Fsp3) is 0.407. The van der Waals surface area contributed by atoms with Gasteiger partial charge in [0.05, 0.1) is 22.3 Å². The molecule has 2 aromatic carbocycles. The Morgan fingerprint density at radius 1 is 0.875 bits per heavy atom. The third-order valence-electron chi connectivity index (χ3n) is 6.92. The number of hydrogen-bond donors (Lipinski definition) is 1. The maximum Gasteiger partial charge on any atom is 0.471 e. The number of pyridine rings is 1. The lowest BCUT2D eigenvalue weighted by Crippen LogP contribution is -2.50. The molecule has 1 aromatic heterocycles. The Balaban J connectivity index is 1.54. The number of anilines is 1. The maximum atomic E-state index is 13.5. The second kappa shape index (κ2) is 10.9. The number of aryl methyl sites for hydroxylation is 1. The van der Waals surface area contributed by atoms with Crippen molar-refractivity contribution in [3.05, 3.63) is 70.9 Å². The van der Waals surface area contributed by atoms with Crippen LogP contribution in [0.25, 0.3) is 10.9 Å². The molecular weight excluding hydrogens is 553 g/mol. The van der Waals surface area contributed by atoms with Crippen LogP contribution in [0, 0.1) is 6.92 Å². The van der Waals surface area contributed by atoms with Gasteiger partial charge in [-0.1, -0.05) is 18.2 Å². The first-order chi connectivity index (χ1) is 18.5. The van der Waals surface area contributed by atoms with E-state index in [-0.39, 0.29) is 54.8 Å². The minimum absolute atomic E-state index is 0.0367. The summed E-state index contributed by atoms with van der Waals surface area (Å²) >= 11 is 0. The molecule has 1 aliphatic carbocycles. The largest absolute Gasteiger partial charge is 0.471 e. The number of para-hydroxylation sites is 1. The fourth-order valence-corrected chi connectivity index (χ4v) is 5.00. The van der Waals surface area contributed by atoms with Gasteiger partial charge in [-0.25, -0.2) is 0 Å². The first kappa shape index (κ1) is 29.6. The quantitative estimate of drug-likeness (QED) is 0.318. The molecule has 4 rings (SSSR count). The van der Waals surface area contributed by atoms with Crippen molar-refractivity contribution < 1.29 is 44.3 Å². The topological polar surface area (TPSA) is 45.2 Å². The Morgan fingerprint density at radius 2 is 1.45 bits per heavy atom. The van der Waals surface area contributed by atoms with Crippen molar-refractivity contribution in [1.82, 2.24) is 10.3 Å². The number of halogens is 9. The summed E-state index contributed by atoms with van der Waals surface area (Å²) in [5.41, 5.74) is -2.17. The van der Waals surface area contributed by atoms with E-state index in [0.717, 1.165) is 22.2 Å². The number of alkyl halides is 9. The van der Waals surface area contributed by atoms with E-state index in [9.17, 15) is 44.3 Å². The molecule has 40 heavy (non-hydrogen) atoms. The third kappa shape index (κ3) is 6.68. The molecule has 4 nitrogen and oxygen atoms in total. The minimum Gasteiger partial charge on any atom is -0.308 e. The van der Waals surface area contributed by atoms with Gasteiger partial charge in [-0.3, -0.25) is 9.78 Å². The van der Waals surface area contributed by atoms with Gasteiger partial charge in [0.1, 0.15) is 0 Å². The number of fused-ring (bicyclic) bond motifs is 1. The zero-order chi connectivity index (χ0) is 29.5. The molecule has 1 N–H and O–H groups in total. The van der Waals surface area contributed by atoms with E-state index in [1.54, 1.807) is 0 Å². The summed E-state index contributed by atoms with van der Waals surface area (Å²) in [6.45, 7) is 2.28. The smallest absolute Gasteiger partial charge is 0.308 e. The standard InChI is InChI=1S/C27H24F9N3O/c1-15-10-19(38-23-5-3-2-4-22(15)23)14-37-18-6-8-20(9-7-18)39(24(40)27(34,35)36)21-12-16(25(28,29)30)11-17(13-21)26(31,32)33/h2-5,10-13,18,20,37H,6-9,14H2,1H3. The highest BCUT2D eigenvalue weighted by Gasteiger charge is 2.47. The van der Waals surface area contributed by atoms with E-state index >= 15 is 0 Å². The van der Waals surface area contributed by atoms with Gasteiger partial charge in [0.2, 0.25) is 0 Å². The van der Waals surface area contributed by atoms with E-state index in [1.165, 1.54) is 0 Å². The van der Waals surface area contributed by atoms with Crippen molar-refractivity contribution in [1.29, 1.82) is 0 Å². The summed E-state index contributed by atoms with van der Waals surface area (Å²) in [6, 6.07) is 8.09. The number of rotatable bonds is 5. The van der Waals surface area contributed by atoms with Gasteiger partial charge >= 0.3 is 24.4 Å². The summed E-state index contributed by atoms with van der Waals surface area (Å²) in [6.07, 6.45) is -15.7. The SMILES string of the molecule is Cc1cc(CNC2CCC(N(C(=O)C(F)(F)F)c3cc(C(F)(F)F)cc(C(F)(F)F)c3)CC2)nc2ccccc12. The van der Waals surface area contributed by atoms with Gasteiger partial charge in [0.15, 0.2) is 0 Å². The average Bonchev–Trinajstić information content (AvgIpc) is 2.86. The minimum atomic E-state index is -5.51. The Labute approximate surface area is 223 Å². The molecule has 216 valence electrons. The van der Waals surface area contributed by atoms with Crippen LogP contribution in [0.4, 0.5) is 45.2 Å². The number of hydrogen-bond acceptors (Lipinski definition) is 3. The summed E-state index contributed by atoms with van der Waals surface area (Å²) in [5, 5.41) is 4.25. The summed E-state index contributed by atoms with van der Waals surface area (Å²) in [7, 11) is 0.